The Hall–Kier alpha value is -2.74. The van der Waals surface area contributed by atoms with Crippen molar-refractivity contribution in [3.05, 3.63) is 53.5 Å². The standard InChI is InChI=1S/C20H23N5O2S/c1-4-28-17-12-22-15(11-23-17)16(26)9-13-6-5-7-14(8-13)20(2)10-18(27)25(3)19(21)24-20/h5-8,11-12H,4,9-10H2,1-3H3,(H2,21,24). The van der Waals surface area contributed by atoms with Gasteiger partial charge in [-0.3, -0.25) is 14.5 Å². The van der Waals surface area contributed by atoms with Gasteiger partial charge in [0.15, 0.2) is 11.7 Å². The zero-order valence-corrected chi connectivity index (χ0v) is 17.0. The molecule has 0 saturated carbocycles. The number of carbonyl (C=O) groups is 2. The molecule has 2 heterocycles. The highest BCUT2D eigenvalue weighted by Gasteiger charge is 2.36. The van der Waals surface area contributed by atoms with Crippen LogP contribution in [0.1, 0.15) is 41.9 Å². The van der Waals surface area contributed by atoms with Crippen LogP contribution in [0.5, 0.6) is 0 Å². The van der Waals surface area contributed by atoms with Crippen molar-refractivity contribution in [2.75, 3.05) is 12.8 Å². The molecule has 2 aromatic rings. The summed E-state index contributed by atoms with van der Waals surface area (Å²) in [6.45, 7) is 3.91. The number of nitrogens with zero attached hydrogens (tertiary/aromatic N) is 4. The van der Waals surface area contributed by atoms with Crippen molar-refractivity contribution in [2.45, 2.75) is 37.3 Å². The van der Waals surface area contributed by atoms with Gasteiger partial charge < -0.3 is 5.73 Å². The van der Waals surface area contributed by atoms with Crippen LogP contribution in [0.2, 0.25) is 0 Å². The Kier molecular flexibility index (Phi) is 5.79. The molecule has 2 N–H and O–H groups in total. The third-order valence-corrected chi connectivity index (χ3v) is 5.49. The molecule has 0 spiro atoms. The first kappa shape index (κ1) is 20.0. The summed E-state index contributed by atoms with van der Waals surface area (Å²) in [7, 11) is 1.61. The lowest BCUT2D eigenvalue weighted by Gasteiger charge is -2.33. The van der Waals surface area contributed by atoms with E-state index in [1.165, 1.54) is 11.1 Å². The van der Waals surface area contributed by atoms with E-state index in [2.05, 4.69) is 15.0 Å². The molecule has 1 unspecified atom stereocenters. The number of aromatic nitrogens is 2. The van der Waals surface area contributed by atoms with Crippen molar-refractivity contribution >= 4 is 29.4 Å². The minimum atomic E-state index is -0.744. The summed E-state index contributed by atoms with van der Waals surface area (Å²) in [4.78, 5) is 39.1. The van der Waals surface area contributed by atoms with Crippen LogP contribution in [0.4, 0.5) is 0 Å². The number of hydrogen-bond donors (Lipinski definition) is 1. The minimum Gasteiger partial charge on any atom is -0.369 e. The van der Waals surface area contributed by atoms with Gasteiger partial charge in [0, 0.05) is 13.5 Å². The largest absolute Gasteiger partial charge is 0.369 e. The topological polar surface area (TPSA) is 102 Å². The van der Waals surface area contributed by atoms with Crippen LogP contribution in [0.3, 0.4) is 0 Å². The number of amides is 1. The number of aliphatic imine (C=N–C) groups is 1. The number of hydrogen-bond acceptors (Lipinski definition) is 7. The lowest BCUT2D eigenvalue weighted by atomic mass is 9.86. The fourth-order valence-corrected chi connectivity index (χ4v) is 3.60. The lowest BCUT2D eigenvalue weighted by Crippen LogP contribution is -2.47. The highest BCUT2D eigenvalue weighted by Crippen LogP contribution is 2.33. The predicted octanol–water partition coefficient (Wildman–Crippen LogP) is 2.41. The van der Waals surface area contributed by atoms with E-state index in [1.54, 1.807) is 25.0 Å². The summed E-state index contributed by atoms with van der Waals surface area (Å²) < 4.78 is 0. The molecule has 1 aliphatic rings. The van der Waals surface area contributed by atoms with Gasteiger partial charge >= 0.3 is 0 Å². The van der Waals surface area contributed by atoms with Crippen LogP contribution < -0.4 is 5.73 Å². The molecule has 1 aliphatic heterocycles. The van der Waals surface area contributed by atoms with Crippen LogP contribution in [0.15, 0.2) is 46.7 Å². The van der Waals surface area contributed by atoms with Crippen LogP contribution >= 0.6 is 11.8 Å². The Morgan fingerprint density at radius 1 is 1.32 bits per heavy atom. The molecule has 0 radical (unpaired) electrons. The van der Waals surface area contributed by atoms with Crippen LogP contribution in [-0.2, 0) is 16.8 Å². The van der Waals surface area contributed by atoms with Gasteiger partial charge in [0.25, 0.3) is 0 Å². The van der Waals surface area contributed by atoms with Gasteiger partial charge in [0.1, 0.15) is 10.7 Å². The van der Waals surface area contributed by atoms with Crippen molar-refractivity contribution < 1.29 is 9.59 Å². The Balaban J connectivity index is 1.80. The molecular formula is C20H23N5O2S. The molecule has 7 nitrogen and oxygen atoms in total. The summed E-state index contributed by atoms with van der Waals surface area (Å²) >= 11 is 1.58. The van der Waals surface area contributed by atoms with Crippen molar-refractivity contribution in [3.8, 4) is 0 Å². The number of ketones is 1. The van der Waals surface area contributed by atoms with Gasteiger partial charge in [0.2, 0.25) is 5.91 Å². The second-order valence-corrected chi connectivity index (χ2v) is 8.13. The lowest BCUT2D eigenvalue weighted by molar-refractivity contribution is -0.128. The first-order valence-electron chi connectivity index (χ1n) is 9.02. The number of benzene rings is 1. The van der Waals surface area contributed by atoms with E-state index < -0.39 is 5.54 Å². The average molecular weight is 398 g/mol. The van der Waals surface area contributed by atoms with Crippen LogP contribution in [0.25, 0.3) is 0 Å². The zero-order valence-electron chi connectivity index (χ0n) is 16.2. The van der Waals surface area contributed by atoms with E-state index in [0.29, 0.717) is 5.69 Å². The number of Topliss-reactive ketones (excluding diaryl/α,β-unsaturated/α-hetero) is 1. The highest BCUT2D eigenvalue weighted by molar-refractivity contribution is 7.99. The molecule has 1 aromatic carbocycles. The van der Waals surface area contributed by atoms with E-state index >= 15 is 0 Å². The first-order valence-corrected chi connectivity index (χ1v) is 10.0. The molecule has 0 saturated heterocycles. The first-order chi connectivity index (χ1) is 13.3. The molecule has 1 amide bonds. The van der Waals surface area contributed by atoms with Crippen molar-refractivity contribution in [1.82, 2.24) is 14.9 Å². The molecule has 3 rings (SSSR count). The quantitative estimate of drug-likeness (QED) is 0.593. The fraction of sp³-hybridized carbons (Fsp3) is 0.350. The SMILES string of the molecule is CCSc1cnc(C(=O)Cc2cccc(C3(C)CC(=O)N(C)C(N)=N3)c2)cn1. The van der Waals surface area contributed by atoms with Gasteiger partial charge in [-0.25, -0.2) is 15.0 Å². The van der Waals surface area contributed by atoms with Gasteiger partial charge in [0.05, 0.1) is 24.4 Å². The predicted molar refractivity (Wildman–Crippen MR) is 109 cm³/mol. The number of thioether (sulfide) groups is 1. The minimum absolute atomic E-state index is 0.0863. The average Bonchev–Trinajstić information content (AvgIpc) is 2.67. The molecule has 8 heteroatoms. The van der Waals surface area contributed by atoms with Crippen molar-refractivity contribution in [1.29, 1.82) is 0 Å². The molecule has 1 atom stereocenters. The van der Waals surface area contributed by atoms with E-state index in [-0.39, 0.29) is 30.5 Å². The van der Waals surface area contributed by atoms with E-state index in [0.717, 1.165) is 21.9 Å². The number of guanidine groups is 1. The van der Waals surface area contributed by atoms with Gasteiger partial charge in [-0.1, -0.05) is 31.2 Å². The summed E-state index contributed by atoms with van der Waals surface area (Å²) in [5.41, 5.74) is 7.17. The Bertz CT molecular complexity index is 928. The maximum Gasteiger partial charge on any atom is 0.231 e. The van der Waals surface area contributed by atoms with Crippen LogP contribution in [-0.4, -0.2) is 45.3 Å². The van der Waals surface area contributed by atoms with Crippen LogP contribution in [0, 0.1) is 0 Å². The molecular weight excluding hydrogens is 374 g/mol. The van der Waals surface area contributed by atoms with E-state index in [9.17, 15) is 9.59 Å². The van der Waals surface area contributed by atoms with E-state index in [4.69, 9.17) is 5.73 Å². The van der Waals surface area contributed by atoms with Gasteiger partial charge in [-0.15, -0.1) is 11.8 Å². The second-order valence-electron chi connectivity index (χ2n) is 6.85. The van der Waals surface area contributed by atoms with E-state index in [1.807, 2.05) is 38.1 Å². The summed E-state index contributed by atoms with van der Waals surface area (Å²) in [6.07, 6.45) is 3.57. The number of nitrogens with two attached hydrogens (primary N) is 1. The van der Waals surface area contributed by atoms with Crippen molar-refractivity contribution in [3.63, 3.8) is 0 Å². The molecule has 0 fully saturated rings. The fourth-order valence-electron chi connectivity index (χ4n) is 3.05. The molecule has 146 valence electrons. The maximum atomic E-state index is 12.6. The van der Waals surface area contributed by atoms with Gasteiger partial charge in [-0.2, -0.15) is 0 Å². The summed E-state index contributed by atoms with van der Waals surface area (Å²) in [5.74, 6) is 0.904. The molecule has 28 heavy (non-hydrogen) atoms. The normalized spacial score (nSPS) is 19.5. The second kappa shape index (κ2) is 8.10. The monoisotopic (exact) mass is 397 g/mol. The van der Waals surface area contributed by atoms with Crippen molar-refractivity contribution in [2.24, 2.45) is 10.7 Å². The Morgan fingerprint density at radius 2 is 2.11 bits per heavy atom. The summed E-state index contributed by atoms with van der Waals surface area (Å²) in [6, 6.07) is 7.55. The number of rotatable bonds is 6. The third kappa shape index (κ3) is 4.22. The summed E-state index contributed by atoms with van der Waals surface area (Å²) in [5, 5.41) is 0.802. The smallest absolute Gasteiger partial charge is 0.231 e. The molecule has 0 aliphatic carbocycles. The Morgan fingerprint density at radius 3 is 2.75 bits per heavy atom. The molecule has 0 bridgehead atoms. The zero-order chi connectivity index (χ0) is 20.3. The number of carbonyl (C=O) groups excluding carboxylic acids is 2. The van der Waals surface area contributed by atoms with Gasteiger partial charge in [-0.05, 0) is 23.8 Å². The highest BCUT2D eigenvalue weighted by atomic mass is 32.2. The maximum absolute atomic E-state index is 12.6. The third-order valence-electron chi connectivity index (χ3n) is 4.69. The molecule has 1 aromatic heterocycles. The Labute approximate surface area is 168 Å².